The number of alkyl halides is 2. The Morgan fingerprint density at radius 1 is 1.48 bits per heavy atom. The molecule has 1 unspecified atom stereocenters. The first-order valence-electron chi connectivity index (χ1n) is 10.5. The summed E-state index contributed by atoms with van der Waals surface area (Å²) in [6, 6.07) is 4.95. The van der Waals surface area contributed by atoms with Crippen molar-refractivity contribution in [2.75, 3.05) is 13.6 Å². The van der Waals surface area contributed by atoms with Gasteiger partial charge in [-0.1, -0.05) is 11.6 Å². The zero-order chi connectivity index (χ0) is 22.2. The molecule has 4 nitrogen and oxygen atoms in total. The van der Waals surface area contributed by atoms with Gasteiger partial charge in [0.1, 0.15) is 0 Å². The van der Waals surface area contributed by atoms with E-state index in [-0.39, 0.29) is 50.9 Å². The quantitative estimate of drug-likeness (QED) is 0.684. The van der Waals surface area contributed by atoms with Gasteiger partial charge < -0.3 is 14.2 Å². The van der Waals surface area contributed by atoms with Gasteiger partial charge >= 0.3 is 0 Å². The molecular weight excluding hydrogens is 376 g/mol. The number of fused-ring (bicyclic) bond motifs is 1. The van der Waals surface area contributed by atoms with Crippen molar-refractivity contribution in [2.24, 2.45) is 0 Å². The Balaban J connectivity index is 1.78. The minimum atomic E-state index is -2.92. The van der Waals surface area contributed by atoms with Crippen LogP contribution >= 0.6 is 11.6 Å². The number of halogens is 3. The molecule has 2 aromatic heterocycles. The molecule has 2 aromatic rings. The van der Waals surface area contributed by atoms with Crippen molar-refractivity contribution in [3.63, 3.8) is 0 Å². The number of carbonyl (C=O) groups is 1. The van der Waals surface area contributed by atoms with Crippen LogP contribution in [-0.2, 0) is 11.2 Å². The number of ether oxygens (including phenoxy) is 1. The van der Waals surface area contributed by atoms with Gasteiger partial charge in [0, 0.05) is 50.2 Å². The van der Waals surface area contributed by atoms with Crippen molar-refractivity contribution in [3.8, 4) is 0 Å². The Labute approximate surface area is 166 Å². The molecule has 148 valence electrons. The smallest absolute Gasteiger partial charge is 0.250 e. The van der Waals surface area contributed by atoms with Crippen LogP contribution in [0.5, 0.6) is 0 Å². The van der Waals surface area contributed by atoms with Crippen LogP contribution in [0.4, 0.5) is 8.78 Å². The maximum Gasteiger partial charge on any atom is 0.250 e. The van der Waals surface area contributed by atoms with Gasteiger partial charge in [-0.2, -0.15) is 0 Å². The van der Waals surface area contributed by atoms with E-state index in [9.17, 15) is 18.7 Å². The highest BCUT2D eigenvalue weighted by Gasteiger charge is 2.44. The summed E-state index contributed by atoms with van der Waals surface area (Å²) in [7, 11) is -2.51. The Bertz CT molecular complexity index is 932. The third-order valence-electron chi connectivity index (χ3n) is 5.17. The summed E-state index contributed by atoms with van der Waals surface area (Å²) in [5.74, 6) is -3.23. The highest BCUT2D eigenvalue weighted by molar-refractivity contribution is 6.35. The van der Waals surface area contributed by atoms with Gasteiger partial charge in [-0.3, -0.25) is 4.79 Å². The van der Waals surface area contributed by atoms with Crippen molar-refractivity contribution in [2.45, 2.75) is 56.5 Å². The van der Waals surface area contributed by atoms with Gasteiger partial charge in [0.2, 0.25) is 0 Å². The van der Waals surface area contributed by atoms with Crippen LogP contribution in [0.2, 0.25) is 5.02 Å². The number of hydrogen-bond acceptors (Lipinski definition) is 3. The molecule has 0 aliphatic heterocycles. The van der Waals surface area contributed by atoms with Gasteiger partial charge in [0.15, 0.2) is 5.78 Å². The molecular formula is C20H24ClF2NO3. The molecule has 2 heterocycles. The van der Waals surface area contributed by atoms with Gasteiger partial charge in [0.05, 0.1) is 26.9 Å². The van der Waals surface area contributed by atoms with E-state index in [0.29, 0.717) is 21.8 Å². The van der Waals surface area contributed by atoms with Crippen LogP contribution in [0.15, 0.2) is 24.4 Å². The lowest BCUT2D eigenvalue weighted by Crippen LogP contribution is -2.41. The van der Waals surface area contributed by atoms with Crippen LogP contribution in [-0.4, -0.2) is 40.5 Å². The van der Waals surface area contributed by atoms with Gasteiger partial charge in [0.25, 0.3) is 5.92 Å². The molecule has 1 fully saturated rings. The van der Waals surface area contributed by atoms with Crippen LogP contribution in [0.25, 0.3) is 5.52 Å². The predicted molar refractivity (Wildman–Crippen MR) is 99.9 cm³/mol. The minimum Gasteiger partial charge on any atom is -0.390 e. The molecule has 1 atom stereocenters. The zero-order valence-electron chi connectivity index (χ0n) is 17.8. The zero-order valence-corrected chi connectivity index (χ0v) is 15.6. The first-order valence-corrected chi connectivity index (χ1v) is 9.33. The maximum absolute atomic E-state index is 13.7. The fraction of sp³-hybridized carbons (Fsp3) is 0.550. The third-order valence-corrected chi connectivity index (χ3v) is 5.48. The van der Waals surface area contributed by atoms with E-state index in [4.69, 9.17) is 20.5 Å². The highest BCUT2D eigenvalue weighted by Crippen LogP contribution is 2.41. The van der Waals surface area contributed by atoms with Gasteiger partial charge in [-0.15, -0.1) is 0 Å². The fourth-order valence-electron chi connectivity index (χ4n) is 3.87. The number of hydrogen-bond donors (Lipinski definition) is 1. The maximum atomic E-state index is 13.7. The minimum absolute atomic E-state index is 0.0549. The normalized spacial score (nSPS) is 24.4. The lowest BCUT2D eigenvalue weighted by atomic mass is 9.79. The number of ketones is 1. The summed E-state index contributed by atoms with van der Waals surface area (Å²) >= 11 is 6.30. The Kier molecular flexibility index (Phi) is 4.79. The molecule has 1 saturated carbocycles. The SMILES string of the molecule is [2H]C([2H])([2H])OCCc1cc(C(=O)CCC2(O)CCCC(F)(F)C2)c2c(Cl)cccn12. The molecule has 0 saturated heterocycles. The topological polar surface area (TPSA) is 50.9 Å². The van der Waals surface area contributed by atoms with Crippen molar-refractivity contribution < 1.29 is 27.5 Å². The first kappa shape index (κ1) is 16.5. The summed E-state index contributed by atoms with van der Waals surface area (Å²) < 4.78 is 55.3. The van der Waals surface area contributed by atoms with E-state index < -0.39 is 25.0 Å². The van der Waals surface area contributed by atoms with Gasteiger partial charge in [-0.25, -0.2) is 8.78 Å². The lowest BCUT2D eigenvalue weighted by molar-refractivity contribution is -0.126. The van der Waals surface area contributed by atoms with E-state index in [2.05, 4.69) is 0 Å². The molecule has 0 spiro atoms. The molecule has 1 N–H and O–H groups in total. The number of methoxy groups -OCH3 is 1. The first-order chi connectivity index (χ1) is 13.9. The van der Waals surface area contributed by atoms with Crippen LogP contribution in [0.3, 0.4) is 0 Å². The van der Waals surface area contributed by atoms with Crippen molar-refractivity contribution in [1.82, 2.24) is 4.40 Å². The second-order valence-electron chi connectivity index (χ2n) is 7.26. The lowest BCUT2D eigenvalue weighted by Gasteiger charge is -2.36. The second kappa shape index (κ2) is 7.86. The molecule has 0 radical (unpaired) electrons. The number of Topliss-reactive ketones (excluding diaryl/α,β-unsaturated/α-hetero) is 1. The number of pyridine rings is 1. The van der Waals surface area contributed by atoms with Crippen molar-refractivity contribution in [1.29, 1.82) is 0 Å². The van der Waals surface area contributed by atoms with E-state index in [1.54, 1.807) is 28.8 Å². The van der Waals surface area contributed by atoms with Crippen LogP contribution < -0.4 is 0 Å². The number of nitrogens with zero attached hydrogens (tertiary/aromatic N) is 1. The second-order valence-corrected chi connectivity index (χ2v) is 7.66. The third kappa shape index (κ3) is 4.50. The summed E-state index contributed by atoms with van der Waals surface area (Å²) in [5.41, 5.74) is -0.139. The molecule has 1 aliphatic rings. The monoisotopic (exact) mass is 402 g/mol. The predicted octanol–water partition coefficient (Wildman–Crippen LogP) is 4.68. The van der Waals surface area contributed by atoms with E-state index in [0.717, 1.165) is 0 Å². The molecule has 0 bridgehead atoms. The van der Waals surface area contributed by atoms with Crippen LogP contribution in [0.1, 0.15) is 58.7 Å². The highest BCUT2D eigenvalue weighted by atomic mass is 35.5. The number of aromatic nitrogens is 1. The average molecular weight is 403 g/mol. The van der Waals surface area contributed by atoms with Crippen LogP contribution in [0, 0.1) is 0 Å². The number of aliphatic hydroxyl groups is 1. The molecule has 7 heteroatoms. The largest absolute Gasteiger partial charge is 0.390 e. The summed E-state index contributed by atoms with van der Waals surface area (Å²) in [5, 5.41) is 10.9. The Morgan fingerprint density at radius 2 is 2.30 bits per heavy atom. The summed E-state index contributed by atoms with van der Waals surface area (Å²) in [6.45, 7) is -0.0718. The standard InChI is InChI=1S/C20H24ClF2NO3/c1-27-11-6-14-12-15(18-16(21)4-2-10-24(14)18)17(25)5-9-19(26)7-3-8-20(22,23)13-19/h2,4,10,12,26H,3,5-9,11,13H2,1H3/i1D3. The van der Waals surface area contributed by atoms with E-state index >= 15 is 0 Å². The van der Waals surface area contributed by atoms with E-state index in [1.807, 2.05) is 0 Å². The van der Waals surface area contributed by atoms with Gasteiger partial charge in [-0.05, 0) is 37.5 Å². The summed E-state index contributed by atoms with van der Waals surface area (Å²) in [6.07, 6.45) is 1.37. The van der Waals surface area contributed by atoms with E-state index in [1.165, 1.54) is 0 Å². The van der Waals surface area contributed by atoms with Crippen molar-refractivity contribution in [3.05, 3.63) is 40.7 Å². The molecule has 0 amide bonds. The number of carbonyl (C=O) groups excluding carboxylic acids is 1. The summed E-state index contributed by atoms with van der Waals surface area (Å²) in [4.78, 5) is 12.9. The molecule has 0 aromatic carbocycles. The fourth-order valence-corrected chi connectivity index (χ4v) is 4.14. The average Bonchev–Trinajstić information content (AvgIpc) is 2.98. The number of rotatable bonds is 7. The van der Waals surface area contributed by atoms with Crippen molar-refractivity contribution >= 4 is 22.9 Å². The molecule has 1 aliphatic carbocycles. The Morgan fingerprint density at radius 3 is 3.04 bits per heavy atom. The Hall–Kier alpha value is -1.50. The molecule has 27 heavy (non-hydrogen) atoms. The molecule has 3 rings (SSSR count).